The third-order valence-corrected chi connectivity index (χ3v) is 2.60. The number of benzene rings is 1. The Kier molecular flexibility index (Phi) is 7.13. The zero-order valence-corrected chi connectivity index (χ0v) is 12.8. The average molecular weight is 259 g/mol. The van der Waals surface area contributed by atoms with Gasteiger partial charge in [-0.2, -0.15) is 0 Å². The van der Waals surface area contributed by atoms with E-state index in [1.54, 1.807) is 6.07 Å². The van der Waals surface area contributed by atoms with Crippen LogP contribution in [0.4, 0.5) is 5.69 Å². The van der Waals surface area contributed by atoms with Crippen LogP contribution in [-0.4, -0.2) is 23.5 Å². The van der Waals surface area contributed by atoms with E-state index < -0.39 is 7.12 Å². The minimum absolute atomic E-state index is 0. The van der Waals surface area contributed by atoms with E-state index in [2.05, 4.69) is 5.32 Å². The molecule has 2 rings (SSSR count). The van der Waals surface area contributed by atoms with Crippen LogP contribution in [0.5, 0.6) is 0 Å². The fourth-order valence-electron chi connectivity index (χ4n) is 1.58. The number of carbonyl (C=O) groups excluding carboxylic acids is 1. The van der Waals surface area contributed by atoms with Crippen LogP contribution < -0.4 is 40.3 Å². The van der Waals surface area contributed by atoms with Crippen molar-refractivity contribution < 1.29 is 49.5 Å². The van der Waals surface area contributed by atoms with Crippen LogP contribution in [0.3, 0.4) is 0 Å². The molecule has 1 heterocycles. The van der Waals surface area contributed by atoms with E-state index in [4.69, 9.17) is 4.65 Å². The fourth-order valence-corrected chi connectivity index (χ4v) is 1.58. The first kappa shape index (κ1) is 17.6. The number of hydrogen-bond donors (Lipinski definition) is 2. The average Bonchev–Trinajstić information content (AvgIpc) is 2.60. The van der Waals surface area contributed by atoms with E-state index in [1.807, 2.05) is 26.0 Å². The Hall–Kier alpha value is -0.365. The molecule has 0 saturated heterocycles. The minimum Gasteiger partial charge on any atom is -0.870 e. The minimum atomic E-state index is -0.870. The van der Waals surface area contributed by atoms with Crippen molar-refractivity contribution in [2.75, 3.05) is 5.32 Å². The van der Waals surface area contributed by atoms with E-state index in [9.17, 15) is 9.82 Å². The fraction of sp³-hybridized carbons (Fsp3) is 0.364. The van der Waals surface area contributed by atoms with Gasteiger partial charge < -0.3 is 20.5 Å². The van der Waals surface area contributed by atoms with E-state index in [0.29, 0.717) is 12.3 Å². The number of anilines is 1. The summed E-state index contributed by atoms with van der Waals surface area (Å²) in [6.45, 7) is 4.09. The molecule has 92 valence electrons. The second-order valence-electron chi connectivity index (χ2n) is 4.22. The predicted octanol–water partition coefficient (Wildman–Crippen LogP) is -2.67. The van der Waals surface area contributed by atoms with Gasteiger partial charge in [0.1, 0.15) is 0 Å². The zero-order valence-electron chi connectivity index (χ0n) is 10.8. The number of nitrogens with one attached hydrogen (secondary N) is 1. The van der Waals surface area contributed by atoms with E-state index in [0.717, 1.165) is 11.0 Å². The van der Waals surface area contributed by atoms with E-state index in [-0.39, 0.29) is 46.9 Å². The smallest absolute Gasteiger partial charge is 0.870 e. The first-order chi connectivity index (χ1) is 7.58. The van der Waals surface area contributed by atoms with Crippen molar-refractivity contribution in [3.8, 4) is 0 Å². The molecule has 0 bridgehead atoms. The third kappa shape index (κ3) is 3.81. The Bertz CT molecular complexity index is 428. The molecule has 0 aliphatic carbocycles. The first-order valence-electron chi connectivity index (χ1n) is 5.31. The standard InChI is InChI=1S/C11H14BNO3.Na.H2O/c1-7(2)11(14)13-9-4-3-8-6-16-12(15)10(8)5-9;;/h3-5,7,15H,6H2,1-2H3,(H,13,14);;1H2/q;+1;/p-1. The number of amides is 1. The Labute approximate surface area is 129 Å². The summed E-state index contributed by atoms with van der Waals surface area (Å²) in [4.78, 5) is 11.5. The molecule has 0 spiro atoms. The van der Waals surface area contributed by atoms with Crippen molar-refractivity contribution in [3.63, 3.8) is 0 Å². The summed E-state index contributed by atoms with van der Waals surface area (Å²) in [6.07, 6.45) is 0. The number of carbonyl (C=O) groups is 1. The molecular formula is C11H15BNNaO4. The second-order valence-corrected chi connectivity index (χ2v) is 4.22. The molecule has 1 aromatic carbocycles. The van der Waals surface area contributed by atoms with Gasteiger partial charge in [-0.25, -0.2) is 0 Å². The van der Waals surface area contributed by atoms with Gasteiger partial charge in [0.25, 0.3) is 0 Å². The molecule has 5 nitrogen and oxygen atoms in total. The van der Waals surface area contributed by atoms with Crippen LogP contribution in [0.2, 0.25) is 0 Å². The SMILES string of the molecule is CC(C)C(=O)Nc1ccc2c(c1)B(O)OC2.[Na+].[OH-]. The Morgan fingerprint density at radius 2 is 2.17 bits per heavy atom. The second kappa shape index (κ2) is 7.28. The molecule has 1 aliphatic heterocycles. The maximum atomic E-state index is 11.5. The molecule has 0 saturated carbocycles. The van der Waals surface area contributed by atoms with Gasteiger partial charge in [0.05, 0.1) is 6.61 Å². The van der Waals surface area contributed by atoms with Crippen molar-refractivity contribution in [2.24, 2.45) is 5.92 Å². The molecule has 3 N–H and O–H groups in total. The number of hydrogen-bond acceptors (Lipinski definition) is 4. The molecule has 0 unspecified atom stereocenters. The Balaban J connectivity index is 0.00000144. The van der Waals surface area contributed by atoms with Gasteiger partial charge in [-0.1, -0.05) is 19.9 Å². The summed E-state index contributed by atoms with van der Waals surface area (Å²) in [5.74, 6) is -0.0946. The quantitative estimate of drug-likeness (QED) is 0.567. The maximum Gasteiger partial charge on any atom is 1.00 e. The van der Waals surface area contributed by atoms with Gasteiger partial charge in [-0.05, 0) is 23.2 Å². The monoisotopic (exact) mass is 259 g/mol. The molecule has 0 fully saturated rings. The van der Waals surface area contributed by atoms with Crippen LogP contribution in [0, 0.1) is 5.92 Å². The predicted molar refractivity (Wildman–Crippen MR) is 64.2 cm³/mol. The number of fused-ring (bicyclic) bond motifs is 1. The number of rotatable bonds is 2. The summed E-state index contributed by atoms with van der Waals surface area (Å²) in [7, 11) is -0.870. The third-order valence-electron chi connectivity index (χ3n) is 2.60. The van der Waals surface area contributed by atoms with Crippen molar-refractivity contribution in [2.45, 2.75) is 20.5 Å². The maximum absolute atomic E-state index is 11.5. The summed E-state index contributed by atoms with van der Waals surface area (Å²) in [5.41, 5.74) is 2.40. The summed E-state index contributed by atoms with van der Waals surface area (Å²) in [6, 6.07) is 5.44. The largest absolute Gasteiger partial charge is 1.00 e. The van der Waals surface area contributed by atoms with E-state index in [1.165, 1.54) is 0 Å². The van der Waals surface area contributed by atoms with Gasteiger partial charge >= 0.3 is 36.7 Å². The summed E-state index contributed by atoms with van der Waals surface area (Å²) in [5, 5.41) is 12.3. The molecule has 18 heavy (non-hydrogen) atoms. The van der Waals surface area contributed by atoms with Crippen molar-refractivity contribution in [3.05, 3.63) is 23.8 Å². The normalized spacial score (nSPS) is 12.6. The zero-order chi connectivity index (χ0) is 11.7. The van der Waals surface area contributed by atoms with Gasteiger partial charge in [0.15, 0.2) is 0 Å². The molecule has 7 heteroatoms. The van der Waals surface area contributed by atoms with Crippen molar-refractivity contribution in [1.29, 1.82) is 0 Å². The summed E-state index contributed by atoms with van der Waals surface area (Å²) < 4.78 is 5.07. The van der Waals surface area contributed by atoms with Gasteiger partial charge in [0, 0.05) is 11.6 Å². The van der Waals surface area contributed by atoms with Crippen LogP contribution in [-0.2, 0) is 16.1 Å². The molecule has 0 radical (unpaired) electrons. The molecular weight excluding hydrogens is 244 g/mol. The molecule has 1 aromatic rings. The Morgan fingerprint density at radius 3 is 2.78 bits per heavy atom. The van der Waals surface area contributed by atoms with Crippen LogP contribution in [0.15, 0.2) is 18.2 Å². The first-order valence-corrected chi connectivity index (χ1v) is 5.31. The van der Waals surface area contributed by atoms with Gasteiger partial charge in [0.2, 0.25) is 5.91 Å². The van der Waals surface area contributed by atoms with Crippen LogP contribution >= 0.6 is 0 Å². The molecule has 0 aromatic heterocycles. The Morgan fingerprint density at radius 1 is 1.50 bits per heavy atom. The van der Waals surface area contributed by atoms with Gasteiger partial charge in [-0.3, -0.25) is 4.79 Å². The summed E-state index contributed by atoms with van der Waals surface area (Å²) >= 11 is 0. The van der Waals surface area contributed by atoms with Crippen molar-refractivity contribution >= 4 is 24.2 Å². The molecule has 1 amide bonds. The van der Waals surface area contributed by atoms with Gasteiger partial charge in [-0.15, -0.1) is 0 Å². The molecule has 1 aliphatic rings. The van der Waals surface area contributed by atoms with Crippen LogP contribution in [0.25, 0.3) is 0 Å². The van der Waals surface area contributed by atoms with Crippen molar-refractivity contribution in [1.82, 2.24) is 0 Å². The molecule has 0 atom stereocenters. The van der Waals surface area contributed by atoms with E-state index >= 15 is 0 Å². The van der Waals surface area contributed by atoms with Crippen LogP contribution in [0.1, 0.15) is 19.4 Å². The topological polar surface area (TPSA) is 88.6 Å².